The van der Waals surface area contributed by atoms with Crippen LogP contribution in [0.15, 0.2) is 48.6 Å². The van der Waals surface area contributed by atoms with Crippen LogP contribution < -0.4 is 4.74 Å². The van der Waals surface area contributed by atoms with Gasteiger partial charge in [0.1, 0.15) is 18.5 Å². The molecule has 1 heterocycles. The van der Waals surface area contributed by atoms with Crippen LogP contribution in [0, 0.1) is 0 Å². The molecule has 23 heavy (non-hydrogen) atoms. The van der Waals surface area contributed by atoms with E-state index < -0.39 is 0 Å². The lowest BCUT2D eigenvalue weighted by molar-refractivity contribution is 0.259. The van der Waals surface area contributed by atoms with Gasteiger partial charge in [-0.1, -0.05) is 48.6 Å². The third-order valence-corrected chi connectivity index (χ3v) is 3.85. The lowest BCUT2D eigenvalue weighted by Gasteiger charge is -2.16. The highest BCUT2D eigenvalue weighted by molar-refractivity contribution is 5.47. The van der Waals surface area contributed by atoms with E-state index in [0.29, 0.717) is 6.61 Å². The molecule has 1 aromatic carbocycles. The fraction of sp³-hybridized carbons (Fsp3) is 0.429. The van der Waals surface area contributed by atoms with E-state index in [1.807, 2.05) is 0 Å². The molecule has 0 amide bonds. The van der Waals surface area contributed by atoms with Gasteiger partial charge in [-0.25, -0.2) is 0 Å². The van der Waals surface area contributed by atoms with E-state index in [1.54, 1.807) is 0 Å². The van der Waals surface area contributed by atoms with Gasteiger partial charge in [0.05, 0.1) is 6.61 Å². The summed E-state index contributed by atoms with van der Waals surface area (Å²) in [6, 6.07) is 4.56. The van der Waals surface area contributed by atoms with Crippen molar-refractivity contribution in [2.45, 2.75) is 46.1 Å². The molecule has 1 aromatic rings. The topological polar surface area (TPSA) is 21.8 Å². The summed E-state index contributed by atoms with van der Waals surface area (Å²) in [7, 11) is 0. The minimum atomic E-state index is 0.279. The molecule has 0 aromatic heterocycles. The van der Waals surface area contributed by atoms with Gasteiger partial charge in [-0.15, -0.1) is 0 Å². The van der Waals surface area contributed by atoms with Crippen LogP contribution in [0.25, 0.3) is 0 Å². The van der Waals surface area contributed by atoms with Crippen LogP contribution in [-0.4, -0.2) is 19.3 Å². The van der Waals surface area contributed by atoms with Crippen molar-refractivity contribution in [3.05, 3.63) is 65.3 Å². The van der Waals surface area contributed by atoms with Crippen molar-refractivity contribution >= 4 is 0 Å². The second-order valence-corrected chi connectivity index (χ2v) is 5.83. The Hall–Kier alpha value is -1.80. The Kier molecular flexibility index (Phi) is 7.15. The van der Waals surface area contributed by atoms with Crippen molar-refractivity contribution < 1.29 is 9.47 Å². The van der Waals surface area contributed by atoms with Gasteiger partial charge in [-0.05, 0) is 56.7 Å². The monoisotopic (exact) mass is 312 g/mol. The molecule has 0 bridgehead atoms. The van der Waals surface area contributed by atoms with Crippen LogP contribution in [0.3, 0.4) is 0 Å². The first-order valence-corrected chi connectivity index (χ1v) is 8.51. The summed E-state index contributed by atoms with van der Waals surface area (Å²) < 4.78 is 11.4. The number of benzene rings is 1. The third kappa shape index (κ3) is 5.72. The Morgan fingerprint density at radius 1 is 0.957 bits per heavy atom. The summed E-state index contributed by atoms with van der Waals surface area (Å²) in [6.45, 7) is 7.66. The summed E-state index contributed by atoms with van der Waals surface area (Å²) in [6.07, 6.45) is 15.9. The van der Waals surface area contributed by atoms with E-state index in [0.717, 1.165) is 31.6 Å². The molecular weight excluding hydrogens is 284 g/mol. The van der Waals surface area contributed by atoms with Crippen LogP contribution >= 0.6 is 0 Å². The van der Waals surface area contributed by atoms with Crippen molar-refractivity contribution in [3.8, 4) is 5.75 Å². The summed E-state index contributed by atoms with van der Waals surface area (Å²) in [5.41, 5.74) is 3.88. The predicted octanol–water partition coefficient (Wildman–Crippen LogP) is 4.82. The Labute approximate surface area is 140 Å². The molecule has 1 atom stereocenters. The van der Waals surface area contributed by atoms with Gasteiger partial charge in [0.2, 0.25) is 0 Å². The highest BCUT2D eigenvalue weighted by Crippen LogP contribution is 2.29. The number of hydrogen-bond donors (Lipinski definition) is 0. The maximum Gasteiger partial charge on any atom is 0.126 e. The molecule has 2 rings (SSSR count). The molecule has 124 valence electrons. The van der Waals surface area contributed by atoms with Gasteiger partial charge in [-0.3, -0.25) is 0 Å². The average Bonchev–Trinajstić information content (AvgIpc) is 3.39. The zero-order chi connectivity index (χ0) is 16.5. The van der Waals surface area contributed by atoms with Crippen molar-refractivity contribution in [2.24, 2.45) is 0 Å². The first kappa shape index (κ1) is 17.6. The Bertz CT molecular complexity index is 542. The predicted molar refractivity (Wildman–Crippen MR) is 97.2 cm³/mol. The Morgan fingerprint density at radius 3 is 1.96 bits per heavy atom. The van der Waals surface area contributed by atoms with Crippen molar-refractivity contribution in [1.82, 2.24) is 0 Å². The van der Waals surface area contributed by atoms with Crippen molar-refractivity contribution in [2.75, 3.05) is 13.2 Å². The van der Waals surface area contributed by atoms with Crippen LogP contribution in [0.1, 0.15) is 37.5 Å². The minimum Gasteiger partial charge on any atom is -0.490 e. The molecular formula is C21H28O2. The quantitative estimate of drug-likeness (QED) is 0.481. The number of rotatable bonds is 9. The van der Waals surface area contributed by atoms with Gasteiger partial charge in [0.15, 0.2) is 0 Å². The van der Waals surface area contributed by atoms with Crippen molar-refractivity contribution in [1.29, 1.82) is 0 Å². The van der Waals surface area contributed by atoms with Gasteiger partial charge < -0.3 is 9.47 Å². The van der Waals surface area contributed by atoms with Gasteiger partial charge >= 0.3 is 0 Å². The number of epoxide rings is 1. The fourth-order valence-electron chi connectivity index (χ4n) is 2.52. The lowest BCUT2D eigenvalue weighted by Crippen LogP contribution is -2.08. The third-order valence-electron chi connectivity index (χ3n) is 3.85. The molecule has 0 aliphatic carbocycles. The summed E-state index contributed by atoms with van der Waals surface area (Å²) in [5.74, 6) is 1.04. The molecule has 2 heteroatoms. The molecule has 0 radical (unpaired) electrons. The average molecular weight is 312 g/mol. The van der Waals surface area contributed by atoms with Crippen LogP contribution in [0.5, 0.6) is 5.75 Å². The molecule has 0 spiro atoms. The number of hydrogen-bond acceptors (Lipinski definition) is 2. The van der Waals surface area contributed by atoms with Gasteiger partial charge in [0.25, 0.3) is 0 Å². The molecule has 0 saturated carbocycles. The van der Waals surface area contributed by atoms with E-state index in [4.69, 9.17) is 9.47 Å². The number of allylic oxidation sites excluding steroid dienone is 6. The molecule has 2 nitrogen and oxygen atoms in total. The molecule has 1 aliphatic rings. The van der Waals surface area contributed by atoms with E-state index in [9.17, 15) is 0 Å². The van der Waals surface area contributed by atoms with E-state index >= 15 is 0 Å². The van der Waals surface area contributed by atoms with Gasteiger partial charge in [-0.2, -0.15) is 0 Å². The second kappa shape index (κ2) is 9.36. The number of ether oxygens (including phenoxy) is 2. The maximum atomic E-state index is 6.13. The van der Waals surface area contributed by atoms with Crippen LogP contribution in [0.4, 0.5) is 0 Å². The van der Waals surface area contributed by atoms with E-state index in [2.05, 4.69) is 69.4 Å². The molecule has 1 fully saturated rings. The molecule has 1 saturated heterocycles. The summed E-state index contributed by atoms with van der Waals surface area (Å²) >= 11 is 0. The van der Waals surface area contributed by atoms with Crippen LogP contribution in [0.2, 0.25) is 0 Å². The normalized spacial score (nSPS) is 17.6. The van der Waals surface area contributed by atoms with Gasteiger partial charge in [0, 0.05) is 0 Å². The largest absolute Gasteiger partial charge is 0.490 e. The second-order valence-electron chi connectivity index (χ2n) is 5.83. The molecule has 1 unspecified atom stereocenters. The van der Waals surface area contributed by atoms with E-state index in [1.165, 1.54) is 16.7 Å². The SMILES string of the molecule is CC=CCc1cc(CC=CC)c(OCC2CO2)c(CC=CC)c1. The molecule has 1 aliphatic heterocycles. The highest BCUT2D eigenvalue weighted by Gasteiger charge is 2.24. The zero-order valence-electron chi connectivity index (χ0n) is 14.5. The fourth-order valence-corrected chi connectivity index (χ4v) is 2.52. The Balaban J connectivity index is 2.33. The Morgan fingerprint density at radius 2 is 1.48 bits per heavy atom. The van der Waals surface area contributed by atoms with Crippen LogP contribution in [-0.2, 0) is 24.0 Å². The van der Waals surface area contributed by atoms with Crippen molar-refractivity contribution in [3.63, 3.8) is 0 Å². The minimum absolute atomic E-state index is 0.279. The molecule has 0 N–H and O–H groups in total. The smallest absolute Gasteiger partial charge is 0.126 e. The first-order chi connectivity index (χ1) is 11.3. The first-order valence-electron chi connectivity index (χ1n) is 8.51. The summed E-state index contributed by atoms with van der Waals surface area (Å²) in [4.78, 5) is 0. The maximum absolute atomic E-state index is 6.13. The highest BCUT2D eigenvalue weighted by atomic mass is 16.6. The standard InChI is InChI=1S/C21H28O2/c1-4-7-10-17-13-18(11-8-5-2)21(23-16-20-15-22-20)19(14-17)12-9-6-3/h4-9,13-14,20H,10-12,15-16H2,1-3H3. The summed E-state index contributed by atoms with van der Waals surface area (Å²) in [5, 5.41) is 0. The zero-order valence-corrected chi connectivity index (χ0v) is 14.5. The lowest BCUT2D eigenvalue weighted by atomic mass is 9.97. The van der Waals surface area contributed by atoms with E-state index in [-0.39, 0.29) is 6.10 Å².